The highest BCUT2D eigenvalue weighted by atomic mass is 35.5. The Kier molecular flexibility index (Phi) is 4.39. The van der Waals surface area contributed by atoms with Gasteiger partial charge in [0.25, 0.3) is 11.6 Å². The fourth-order valence-corrected chi connectivity index (χ4v) is 2.93. The SMILES string of the molecule is Cn1ccnc1N1CCN(C(=O)c2cc([N+](=O)[O-])ccc2Cl)CC1. The van der Waals surface area contributed by atoms with Crippen molar-refractivity contribution in [3.05, 3.63) is 51.3 Å². The standard InChI is InChI=1S/C15H16ClN5O3/c1-18-5-4-17-15(18)20-8-6-19(7-9-20)14(22)12-10-11(21(23)24)2-3-13(12)16/h2-5,10H,6-9H2,1H3. The molecule has 2 aromatic rings. The van der Waals surface area contributed by atoms with Gasteiger partial charge in [0.2, 0.25) is 5.95 Å². The Morgan fingerprint density at radius 3 is 2.58 bits per heavy atom. The summed E-state index contributed by atoms with van der Waals surface area (Å²) in [6, 6.07) is 3.91. The number of hydrogen-bond acceptors (Lipinski definition) is 5. The molecule has 1 aliphatic heterocycles. The lowest BCUT2D eigenvalue weighted by molar-refractivity contribution is -0.384. The second-order valence-electron chi connectivity index (χ2n) is 5.54. The third-order valence-electron chi connectivity index (χ3n) is 4.04. The molecule has 1 aromatic carbocycles. The molecular weight excluding hydrogens is 334 g/mol. The van der Waals surface area contributed by atoms with Gasteiger partial charge in [-0.25, -0.2) is 4.98 Å². The molecule has 1 aromatic heterocycles. The van der Waals surface area contributed by atoms with E-state index < -0.39 is 4.92 Å². The van der Waals surface area contributed by atoms with Crippen LogP contribution in [0, 0.1) is 10.1 Å². The second-order valence-corrected chi connectivity index (χ2v) is 5.95. The van der Waals surface area contributed by atoms with Crippen LogP contribution < -0.4 is 4.90 Å². The minimum atomic E-state index is -0.536. The molecule has 126 valence electrons. The van der Waals surface area contributed by atoms with Gasteiger partial charge in [0.05, 0.1) is 15.5 Å². The van der Waals surface area contributed by atoms with E-state index in [2.05, 4.69) is 9.88 Å². The number of carbonyl (C=O) groups is 1. The summed E-state index contributed by atoms with van der Waals surface area (Å²) in [5.41, 5.74) is 0.0192. The summed E-state index contributed by atoms with van der Waals surface area (Å²) in [5.74, 6) is 0.568. The van der Waals surface area contributed by atoms with Crippen LogP contribution >= 0.6 is 11.6 Å². The van der Waals surface area contributed by atoms with Gasteiger partial charge in [0, 0.05) is 57.8 Å². The number of nitrogens with zero attached hydrogens (tertiary/aromatic N) is 5. The largest absolute Gasteiger partial charge is 0.339 e. The molecule has 0 aliphatic carbocycles. The highest BCUT2D eigenvalue weighted by Crippen LogP contribution is 2.24. The van der Waals surface area contributed by atoms with Gasteiger partial charge in [0.15, 0.2) is 0 Å². The maximum atomic E-state index is 12.6. The average Bonchev–Trinajstić information content (AvgIpc) is 3.00. The molecular formula is C15H16ClN5O3. The first-order chi connectivity index (χ1) is 11.5. The number of anilines is 1. The Balaban J connectivity index is 1.73. The number of benzene rings is 1. The van der Waals surface area contributed by atoms with Crippen molar-refractivity contribution in [1.29, 1.82) is 0 Å². The van der Waals surface area contributed by atoms with Crippen molar-refractivity contribution >= 4 is 29.1 Å². The summed E-state index contributed by atoms with van der Waals surface area (Å²) in [6.07, 6.45) is 3.60. The normalized spacial score (nSPS) is 14.8. The number of halogens is 1. The van der Waals surface area contributed by atoms with Crippen LogP contribution in [0.2, 0.25) is 5.02 Å². The number of piperazine rings is 1. The van der Waals surface area contributed by atoms with E-state index in [1.54, 1.807) is 11.1 Å². The summed E-state index contributed by atoms with van der Waals surface area (Å²) in [6.45, 7) is 2.29. The fraction of sp³-hybridized carbons (Fsp3) is 0.333. The van der Waals surface area contributed by atoms with Crippen molar-refractivity contribution in [1.82, 2.24) is 14.5 Å². The first-order valence-electron chi connectivity index (χ1n) is 7.43. The predicted molar refractivity (Wildman–Crippen MR) is 89.4 cm³/mol. The number of rotatable bonds is 3. The summed E-state index contributed by atoms with van der Waals surface area (Å²) >= 11 is 6.05. The summed E-state index contributed by atoms with van der Waals surface area (Å²) < 4.78 is 1.93. The zero-order valence-electron chi connectivity index (χ0n) is 13.1. The minimum absolute atomic E-state index is 0.144. The van der Waals surface area contributed by atoms with Crippen molar-refractivity contribution < 1.29 is 9.72 Å². The molecule has 0 unspecified atom stereocenters. The van der Waals surface area contributed by atoms with E-state index in [1.165, 1.54) is 18.2 Å². The van der Waals surface area contributed by atoms with Gasteiger partial charge < -0.3 is 14.4 Å². The Hall–Kier alpha value is -2.61. The Labute approximate surface area is 143 Å². The fourth-order valence-electron chi connectivity index (χ4n) is 2.73. The Morgan fingerprint density at radius 2 is 2.00 bits per heavy atom. The molecule has 9 heteroatoms. The maximum Gasteiger partial charge on any atom is 0.270 e. The van der Waals surface area contributed by atoms with Crippen LogP contribution in [-0.4, -0.2) is 51.5 Å². The van der Waals surface area contributed by atoms with Gasteiger partial charge in [-0.15, -0.1) is 0 Å². The van der Waals surface area contributed by atoms with Gasteiger partial charge in [-0.3, -0.25) is 14.9 Å². The molecule has 2 heterocycles. The van der Waals surface area contributed by atoms with E-state index >= 15 is 0 Å². The summed E-state index contributed by atoms with van der Waals surface area (Å²) in [7, 11) is 1.92. The van der Waals surface area contributed by atoms with Crippen LogP contribution in [0.25, 0.3) is 0 Å². The van der Waals surface area contributed by atoms with E-state index in [0.29, 0.717) is 26.2 Å². The zero-order valence-corrected chi connectivity index (χ0v) is 13.8. The highest BCUT2D eigenvalue weighted by Gasteiger charge is 2.26. The number of carbonyl (C=O) groups excluding carboxylic acids is 1. The van der Waals surface area contributed by atoms with Crippen LogP contribution in [0.1, 0.15) is 10.4 Å². The van der Waals surface area contributed by atoms with Crippen LogP contribution in [-0.2, 0) is 7.05 Å². The van der Waals surface area contributed by atoms with Gasteiger partial charge >= 0.3 is 0 Å². The number of amides is 1. The molecule has 3 rings (SSSR count). The lowest BCUT2D eigenvalue weighted by Gasteiger charge is -2.35. The number of hydrogen-bond donors (Lipinski definition) is 0. The molecule has 0 spiro atoms. The first-order valence-corrected chi connectivity index (χ1v) is 7.80. The van der Waals surface area contributed by atoms with Crippen molar-refractivity contribution in [2.24, 2.45) is 7.05 Å². The van der Waals surface area contributed by atoms with Crippen LogP contribution in [0.5, 0.6) is 0 Å². The summed E-state index contributed by atoms with van der Waals surface area (Å²) in [5, 5.41) is 11.1. The van der Waals surface area contributed by atoms with E-state index in [4.69, 9.17) is 11.6 Å². The molecule has 0 N–H and O–H groups in total. The van der Waals surface area contributed by atoms with E-state index in [9.17, 15) is 14.9 Å². The number of imidazole rings is 1. The molecule has 0 bridgehead atoms. The summed E-state index contributed by atoms with van der Waals surface area (Å²) in [4.78, 5) is 31.0. The molecule has 0 saturated carbocycles. The number of aromatic nitrogens is 2. The molecule has 24 heavy (non-hydrogen) atoms. The van der Waals surface area contributed by atoms with E-state index in [1.807, 2.05) is 17.8 Å². The lowest BCUT2D eigenvalue weighted by Crippen LogP contribution is -2.49. The number of nitro benzene ring substituents is 1. The Morgan fingerprint density at radius 1 is 1.29 bits per heavy atom. The van der Waals surface area contributed by atoms with Crippen LogP contribution in [0.4, 0.5) is 11.6 Å². The lowest BCUT2D eigenvalue weighted by atomic mass is 10.1. The number of non-ortho nitro benzene ring substituents is 1. The molecule has 8 nitrogen and oxygen atoms in total. The first kappa shape index (κ1) is 16.3. The van der Waals surface area contributed by atoms with Crippen LogP contribution in [0.3, 0.4) is 0 Å². The van der Waals surface area contributed by atoms with E-state index in [0.717, 1.165) is 5.95 Å². The molecule has 1 fully saturated rings. The van der Waals surface area contributed by atoms with E-state index in [-0.39, 0.29) is 22.2 Å². The monoisotopic (exact) mass is 349 g/mol. The average molecular weight is 350 g/mol. The third-order valence-corrected chi connectivity index (χ3v) is 4.37. The topological polar surface area (TPSA) is 84.5 Å². The maximum absolute atomic E-state index is 12.6. The quantitative estimate of drug-likeness (QED) is 0.624. The van der Waals surface area contributed by atoms with Gasteiger partial charge in [-0.2, -0.15) is 0 Å². The predicted octanol–water partition coefficient (Wildman–Crippen LogP) is 1.94. The zero-order chi connectivity index (χ0) is 17.3. The molecule has 1 amide bonds. The molecule has 1 aliphatic rings. The number of aryl methyl sites for hydroxylation is 1. The van der Waals surface area contributed by atoms with Crippen molar-refractivity contribution in [3.8, 4) is 0 Å². The molecule has 0 atom stereocenters. The smallest absolute Gasteiger partial charge is 0.270 e. The highest BCUT2D eigenvalue weighted by molar-refractivity contribution is 6.33. The van der Waals surface area contributed by atoms with Gasteiger partial charge in [0.1, 0.15) is 0 Å². The molecule has 1 saturated heterocycles. The van der Waals surface area contributed by atoms with Crippen molar-refractivity contribution in [3.63, 3.8) is 0 Å². The van der Waals surface area contributed by atoms with Gasteiger partial charge in [-0.05, 0) is 6.07 Å². The van der Waals surface area contributed by atoms with Gasteiger partial charge in [-0.1, -0.05) is 11.6 Å². The molecule has 0 radical (unpaired) electrons. The Bertz CT molecular complexity index is 783. The van der Waals surface area contributed by atoms with Crippen LogP contribution in [0.15, 0.2) is 30.6 Å². The number of nitro groups is 1. The third kappa shape index (κ3) is 3.05. The second kappa shape index (κ2) is 6.48. The van der Waals surface area contributed by atoms with Crippen molar-refractivity contribution in [2.75, 3.05) is 31.1 Å². The minimum Gasteiger partial charge on any atom is -0.339 e. The van der Waals surface area contributed by atoms with Crippen molar-refractivity contribution in [2.45, 2.75) is 0 Å².